The fourth-order valence-corrected chi connectivity index (χ4v) is 6.54. The van der Waals surface area contributed by atoms with Crippen molar-refractivity contribution in [2.24, 2.45) is 23.2 Å². The van der Waals surface area contributed by atoms with Crippen molar-refractivity contribution in [2.75, 3.05) is 5.75 Å². The summed E-state index contributed by atoms with van der Waals surface area (Å²) in [6, 6.07) is 10.5. The van der Waals surface area contributed by atoms with Gasteiger partial charge in [0.15, 0.2) is 0 Å². The average Bonchev–Trinajstić information content (AvgIpc) is 2.52. The molecule has 1 amide bonds. The Balaban J connectivity index is 1.34. The van der Waals surface area contributed by atoms with Gasteiger partial charge >= 0.3 is 0 Å². The van der Waals surface area contributed by atoms with Gasteiger partial charge in [-0.15, -0.1) is 11.8 Å². The van der Waals surface area contributed by atoms with Gasteiger partial charge in [-0.1, -0.05) is 18.2 Å². The Labute approximate surface area is 143 Å². The van der Waals surface area contributed by atoms with Crippen molar-refractivity contribution in [3.05, 3.63) is 30.3 Å². The van der Waals surface area contributed by atoms with E-state index in [9.17, 15) is 4.79 Å². The van der Waals surface area contributed by atoms with Crippen LogP contribution in [0.25, 0.3) is 0 Å². The van der Waals surface area contributed by atoms with E-state index in [1.54, 1.807) is 11.8 Å². The van der Waals surface area contributed by atoms with Crippen LogP contribution in [0.5, 0.6) is 0 Å². The third kappa shape index (κ3) is 3.17. The number of carbonyl (C=O) groups is 1. The van der Waals surface area contributed by atoms with Crippen molar-refractivity contribution in [2.45, 2.75) is 56.4 Å². The molecule has 1 aromatic carbocycles. The van der Waals surface area contributed by atoms with E-state index in [-0.39, 0.29) is 5.91 Å². The van der Waals surface area contributed by atoms with Crippen molar-refractivity contribution in [1.82, 2.24) is 5.32 Å². The van der Waals surface area contributed by atoms with Crippen LogP contribution in [0.4, 0.5) is 0 Å². The minimum atomic E-state index is 0.196. The van der Waals surface area contributed by atoms with Gasteiger partial charge in [0.25, 0.3) is 0 Å². The maximum atomic E-state index is 12.4. The summed E-state index contributed by atoms with van der Waals surface area (Å²) in [5.41, 5.74) is 0.405. The van der Waals surface area contributed by atoms with Crippen molar-refractivity contribution in [3.8, 4) is 0 Å². The molecule has 5 rings (SSSR count). The molecule has 4 aliphatic carbocycles. The molecule has 0 radical (unpaired) electrons. The van der Waals surface area contributed by atoms with Gasteiger partial charge in [-0.05, 0) is 80.8 Å². The predicted molar refractivity (Wildman–Crippen MR) is 95.4 cm³/mol. The fraction of sp³-hybridized carbons (Fsp3) is 0.650. The van der Waals surface area contributed by atoms with Gasteiger partial charge < -0.3 is 5.32 Å². The lowest BCUT2D eigenvalue weighted by Gasteiger charge is -2.59. The third-order valence-electron chi connectivity index (χ3n) is 6.49. The summed E-state index contributed by atoms with van der Waals surface area (Å²) in [4.78, 5) is 13.6. The first-order valence-electron chi connectivity index (χ1n) is 9.10. The molecule has 1 atom stereocenters. The molecule has 4 aliphatic rings. The lowest BCUT2D eigenvalue weighted by Crippen LogP contribution is -2.56. The lowest BCUT2D eigenvalue weighted by atomic mass is 9.48. The molecule has 0 aliphatic heterocycles. The molecule has 2 nitrogen and oxygen atoms in total. The van der Waals surface area contributed by atoms with E-state index < -0.39 is 0 Å². The Bertz CT molecular complexity index is 535. The first-order chi connectivity index (χ1) is 11.1. The van der Waals surface area contributed by atoms with Crippen LogP contribution < -0.4 is 5.32 Å². The van der Waals surface area contributed by atoms with E-state index in [0.29, 0.717) is 17.2 Å². The second-order valence-electron chi connectivity index (χ2n) is 8.17. The average molecular weight is 330 g/mol. The molecule has 1 N–H and O–H groups in total. The third-order valence-corrected chi connectivity index (χ3v) is 7.51. The van der Waals surface area contributed by atoms with Gasteiger partial charge in [0, 0.05) is 10.9 Å². The monoisotopic (exact) mass is 329 g/mol. The number of nitrogens with one attached hydrogen (secondary N) is 1. The molecule has 4 bridgehead atoms. The van der Waals surface area contributed by atoms with Gasteiger partial charge in [0.2, 0.25) is 5.91 Å². The van der Waals surface area contributed by atoms with Gasteiger partial charge in [-0.3, -0.25) is 4.79 Å². The highest BCUT2D eigenvalue weighted by Gasteiger charge is 2.53. The zero-order valence-electron chi connectivity index (χ0n) is 14.0. The lowest BCUT2D eigenvalue weighted by molar-refractivity contribution is -0.123. The topological polar surface area (TPSA) is 29.1 Å². The van der Waals surface area contributed by atoms with E-state index in [2.05, 4.69) is 24.4 Å². The number of amides is 1. The second kappa shape index (κ2) is 6.16. The number of carbonyl (C=O) groups excluding carboxylic acids is 1. The van der Waals surface area contributed by atoms with Crippen LogP contribution in [0.3, 0.4) is 0 Å². The molecular formula is C20H27NOS. The summed E-state index contributed by atoms with van der Waals surface area (Å²) in [6.07, 6.45) is 8.45. The van der Waals surface area contributed by atoms with Crippen molar-refractivity contribution < 1.29 is 4.79 Å². The predicted octanol–water partition coefficient (Wildman–Crippen LogP) is 4.50. The highest BCUT2D eigenvalue weighted by Crippen LogP contribution is 2.61. The molecule has 0 heterocycles. The number of rotatable bonds is 5. The van der Waals surface area contributed by atoms with Crippen LogP contribution in [0.15, 0.2) is 35.2 Å². The number of benzene rings is 1. The highest BCUT2D eigenvalue weighted by molar-refractivity contribution is 8.00. The van der Waals surface area contributed by atoms with E-state index in [4.69, 9.17) is 0 Å². The SMILES string of the molecule is C[C@@H](NC(=O)CSc1ccccc1)C12CC3CC(CC(C3)C1)C2. The summed E-state index contributed by atoms with van der Waals surface area (Å²) in [7, 11) is 0. The quantitative estimate of drug-likeness (QED) is 0.806. The molecule has 0 unspecified atom stereocenters. The summed E-state index contributed by atoms with van der Waals surface area (Å²) in [5, 5.41) is 3.35. The van der Waals surface area contributed by atoms with Gasteiger partial charge in [-0.25, -0.2) is 0 Å². The minimum Gasteiger partial charge on any atom is -0.352 e. The first-order valence-corrected chi connectivity index (χ1v) is 10.1. The minimum absolute atomic E-state index is 0.196. The molecular weight excluding hydrogens is 302 g/mol. The molecule has 4 fully saturated rings. The summed E-state index contributed by atoms with van der Waals surface area (Å²) in [6.45, 7) is 2.26. The van der Waals surface area contributed by atoms with Gasteiger partial charge in [0.1, 0.15) is 0 Å². The Morgan fingerprint density at radius 1 is 1.13 bits per heavy atom. The fourth-order valence-electron chi connectivity index (χ4n) is 5.81. The van der Waals surface area contributed by atoms with Crippen molar-refractivity contribution >= 4 is 17.7 Å². The van der Waals surface area contributed by atoms with E-state index in [1.165, 1.54) is 43.4 Å². The van der Waals surface area contributed by atoms with Crippen LogP contribution in [-0.2, 0) is 4.79 Å². The zero-order chi connectivity index (χ0) is 15.9. The van der Waals surface area contributed by atoms with E-state index in [0.717, 1.165) is 17.8 Å². The van der Waals surface area contributed by atoms with E-state index in [1.807, 2.05) is 18.2 Å². The molecule has 23 heavy (non-hydrogen) atoms. The number of hydrogen-bond acceptors (Lipinski definition) is 2. The van der Waals surface area contributed by atoms with Gasteiger partial charge in [-0.2, -0.15) is 0 Å². The smallest absolute Gasteiger partial charge is 0.230 e. The van der Waals surface area contributed by atoms with E-state index >= 15 is 0 Å². The normalized spacial score (nSPS) is 36.0. The van der Waals surface area contributed by atoms with Crippen LogP contribution in [0.2, 0.25) is 0 Å². The summed E-state index contributed by atoms with van der Waals surface area (Å²) in [5.74, 6) is 3.56. The second-order valence-corrected chi connectivity index (χ2v) is 9.22. The Kier molecular flexibility index (Phi) is 4.17. The first kappa shape index (κ1) is 15.6. The molecule has 3 heteroatoms. The molecule has 124 valence electrons. The van der Waals surface area contributed by atoms with Crippen LogP contribution in [0, 0.1) is 23.2 Å². The zero-order valence-corrected chi connectivity index (χ0v) is 14.8. The Morgan fingerprint density at radius 3 is 2.26 bits per heavy atom. The highest BCUT2D eigenvalue weighted by atomic mass is 32.2. The largest absolute Gasteiger partial charge is 0.352 e. The standard InChI is InChI=1S/C20H27NOS/c1-14(21-19(22)13-23-18-5-3-2-4-6-18)20-10-15-7-16(11-20)9-17(8-15)12-20/h2-6,14-17H,7-13H2,1H3,(H,21,22)/t14-,15?,16?,17?,20?/m1/s1. The number of thioether (sulfide) groups is 1. The molecule has 0 aromatic heterocycles. The molecule has 0 saturated heterocycles. The summed E-state index contributed by atoms with van der Waals surface area (Å²) >= 11 is 1.64. The van der Waals surface area contributed by atoms with Gasteiger partial charge in [0.05, 0.1) is 5.75 Å². The Morgan fingerprint density at radius 2 is 1.70 bits per heavy atom. The maximum Gasteiger partial charge on any atom is 0.230 e. The summed E-state index contributed by atoms with van der Waals surface area (Å²) < 4.78 is 0. The van der Waals surface area contributed by atoms with Crippen molar-refractivity contribution in [1.29, 1.82) is 0 Å². The van der Waals surface area contributed by atoms with Crippen LogP contribution in [0.1, 0.15) is 45.4 Å². The van der Waals surface area contributed by atoms with Crippen molar-refractivity contribution in [3.63, 3.8) is 0 Å². The Hall–Kier alpha value is -0.960. The molecule has 4 saturated carbocycles. The van der Waals surface area contributed by atoms with Crippen LogP contribution >= 0.6 is 11.8 Å². The molecule has 1 aromatic rings. The number of hydrogen-bond donors (Lipinski definition) is 1. The van der Waals surface area contributed by atoms with Crippen LogP contribution in [-0.4, -0.2) is 17.7 Å². The molecule has 0 spiro atoms. The maximum absolute atomic E-state index is 12.4.